The number of para-hydroxylation sites is 2. The Balaban J connectivity index is 2.06. The van der Waals surface area contributed by atoms with Gasteiger partial charge in [-0.25, -0.2) is 0 Å². The Labute approximate surface area is 179 Å². The van der Waals surface area contributed by atoms with Crippen molar-refractivity contribution in [3.05, 3.63) is 90.0 Å². The van der Waals surface area contributed by atoms with E-state index in [0.29, 0.717) is 3.92 Å². The minimum Gasteiger partial charge on any atom is -0.337 e. The van der Waals surface area contributed by atoms with Crippen molar-refractivity contribution in [1.82, 2.24) is 0 Å². The Kier molecular flexibility index (Phi) is 7.22. The first-order valence-corrected chi connectivity index (χ1v) is 12.7. The monoisotopic (exact) mass is 513 g/mol. The van der Waals surface area contributed by atoms with Crippen LogP contribution in [0.15, 0.2) is 78.9 Å². The summed E-state index contributed by atoms with van der Waals surface area (Å²) >= 11 is 15.1. The molecule has 0 aromatic heterocycles. The molecule has 26 heavy (non-hydrogen) atoms. The minimum atomic E-state index is -1.20. The molecule has 0 N–H and O–H groups in total. The van der Waals surface area contributed by atoms with Crippen molar-refractivity contribution in [3.8, 4) is 0 Å². The summed E-state index contributed by atoms with van der Waals surface area (Å²) in [4.78, 5) is 2.30. The summed E-state index contributed by atoms with van der Waals surface area (Å²) in [7, 11) is 0. The van der Waals surface area contributed by atoms with Gasteiger partial charge in [-0.1, -0.05) is 99.7 Å². The number of anilines is 2. The molecule has 0 saturated heterocycles. The van der Waals surface area contributed by atoms with Gasteiger partial charge in [0.1, 0.15) is 6.63 Å². The Morgan fingerprint density at radius 2 is 1.42 bits per heavy atom. The maximum atomic E-state index is 6.33. The Morgan fingerprint density at radius 3 is 1.88 bits per heavy atom. The first kappa shape index (κ1) is 19.9. The van der Waals surface area contributed by atoms with Gasteiger partial charge in [0.15, 0.2) is 0 Å². The topological polar surface area (TPSA) is 3.24 Å². The van der Waals surface area contributed by atoms with E-state index in [2.05, 4.69) is 101 Å². The number of benzene rings is 3. The van der Waals surface area contributed by atoms with Crippen LogP contribution in [-0.4, -0.2) is 0 Å². The van der Waals surface area contributed by atoms with E-state index in [4.69, 9.17) is 22.5 Å². The molecule has 1 atom stereocenters. The van der Waals surface area contributed by atoms with E-state index in [0.717, 1.165) is 23.2 Å². The van der Waals surface area contributed by atoms with Crippen LogP contribution in [0.3, 0.4) is 0 Å². The van der Waals surface area contributed by atoms with Gasteiger partial charge < -0.3 is 4.90 Å². The number of hydrogen-bond acceptors (Lipinski definition) is 1. The van der Waals surface area contributed by atoms with Crippen LogP contribution in [0.2, 0.25) is 0 Å². The molecule has 0 heterocycles. The zero-order valence-corrected chi connectivity index (χ0v) is 18.9. The highest BCUT2D eigenvalue weighted by Gasteiger charge is 2.17. The van der Waals surface area contributed by atoms with E-state index < -0.39 is 6.63 Å². The van der Waals surface area contributed by atoms with Crippen molar-refractivity contribution in [3.63, 3.8) is 0 Å². The second-order valence-electron chi connectivity index (χ2n) is 5.99. The number of nitrogens with zero attached hydrogens (tertiary/aromatic N) is 1. The molecular weight excluding hydrogens is 495 g/mol. The molecule has 134 valence electrons. The van der Waals surface area contributed by atoms with Gasteiger partial charge in [-0.05, 0) is 42.3 Å². The molecule has 0 radical (unpaired) electrons. The molecule has 1 unspecified atom stereocenters. The summed E-state index contributed by atoms with van der Waals surface area (Å²) in [6.45, 7) is 1.71. The standard InChI is InChI=1S/C21H19Cl2INP/c1-16(24)17-12-13-21(26(22)23)18(14-17)15-25(19-8-4-2-5-9-19)20-10-6-3-7-11-20/h2-14,16H,15H2,1H3. The van der Waals surface area contributed by atoms with Gasteiger partial charge in [0, 0.05) is 27.1 Å². The molecule has 5 heteroatoms. The number of rotatable bonds is 6. The maximum Gasteiger partial charge on any atom is 0.117 e. The summed E-state index contributed by atoms with van der Waals surface area (Å²) in [5.74, 6) is 0. The van der Waals surface area contributed by atoms with Crippen molar-refractivity contribution < 1.29 is 0 Å². The highest BCUT2D eigenvalue weighted by atomic mass is 127. The molecule has 3 aromatic carbocycles. The summed E-state index contributed by atoms with van der Waals surface area (Å²) in [6.07, 6.45) is 0. The third-order valence-electron chi connectivity index (χ3n) is 4.21. The third-order valence-corrected chi connectivity index (χ3v) is 6.82. The van der Waals surface area contributed by atoms with E-state index >= 15 is 0 Å². The second kappa shape index (κ2) is 9.41. The smallest absolute Gasteiger partial charge is 0.117 e. The van der Waals surface area contributed by atoms with E-state index in [1.54, 1.807) is 0 Å². The van der Waals surface area contributed by atoms with Gasteiger partial charge in [-0.15, -0.1) is 0 Å². The van der Waals surface area contributed by atoms with E-state index in [-0.39, 0.29) is 0 Å². The van der Waals surface area contributed by atoms with Crippen molar-refractivity contribution in [2.24, 2.45) is 0 Å². The first-order valence-electron chi connectivity index (χ1n) is 8.32. The summed E-state index contributed by atoms with van der Waals surface area (Å²) in [5.41, 5.74) is 4.75. The SMILES string of the molecule is CC(I)c1ccc(P(Cl)Cl)c(CN(c2ccccc2)c2ccccc2)c1. The van der Waals surface area contributed by atoms with Gasteiger partial charge in [0.2, 0.25) is 0 Å². The van der Waals surface area contributed by atoms with Crippen LogP contribution < -0.4 is 10.2 Å². The Hall–Kier alpha value is -0.800. The molecule has 0 spiro atoms. The molecular formula is C21H19Cl2INP. The number of halogens is 3. The number of hydrogen-bond donors (Lipinski definition) is 0. The van der Waals surface area contributed by atoms with Crippen LogP contribution in [0.25, 0.3) is 0 Å². The largest absolute Gasteiger partial charge is 0.337 e. The van der Waals surface area contributed by atoms with Gasteiger partial charge in [0.05, 0.1) is 0 Å². The fourth-order valence-corrected chi connectivity index (χ4v) is 4.78. The molecule has 0 amide bonds. The Bertz CT molecular complexity index is 802. The van der Waals surface area contributed by atoms with Crippen molar-refractivity contribution in [2.45, 2.75) is 17.4 Å². The average Bonchev–Trinajstić information content (AvgIpc) is 2.67. The predicted molar refractivity (Wildman–Crippen MR) is 126 cm³/mol. The van der Waals surface area contributed by atoms with Crippen LogP contribution >= 0.6 is 51.7 Å². The van der Waals surface area contributed by atoms with E-state index in [1.807, 2.05) is 12.1 Å². The highest BCUT2D eigenvalue weighted by Crippen LogP contribution is 2.47. The average molecular weight is 514 g/mol. The summed E-state index contributed by atoms with van der Waals surface area (Å²) < 4.78 is 0.430. The number of alkyl halides is 1. The summed E-state index contributed by atoms with van der Waals surface area (Å²) in [5, 5.41) is 1.03. The minimum absolute atomic E-state index is 0.430. The fourth-order valence-electron chi connectivity index (χ4n) is 2.86. The lowest BCUT2D eigenvalue weighted by Gasteiger charge is -2.27. The molecule has 3 rings (SSSR count). The van der Waals surface area contributed by atoms with Crippen molar-refractivity contribution >= 4 is 68.4 Å². The van der Waals surface area contributed by atoms with E-state index in [1.165, 1.54) is 11.1 Å². The van der Waals surface area contributed by atoms with Crippen molar-refractivity contribution in [1.29, 1.82) is 0 Å². The summed E-state index contributed by atoms with van der Waals surface area (Å²) in [6, 6.07) is 27.3. The second-order valence-corrected chi connectivity index (χ2v) is 11.4. The van der Waals surface area contributed by atoms with Crippen LogP contribution in [-0.2, 0) is 6.54 Å². The predicted octanol–water partition coefficient (Wildman–Crippen LogP) is 7.94. The third kappa shape index (κ3) is 4.92. The molecule has 3 aromatic rings. The lowest BCUT2D eigenvalue weighted by Crippen LogP contribution is -2.20. The zero-order valence-electron chi connectivity index (χ0n) is 14.3. The molecule has 0 bridgehead atoms. The van der Waals surface area contributed by atoms with Crippen LogP contribution in [0.4, 0.5) is 11.4 Å². The molecule has 0 aliphatic heterocycles. The quantitative estimate of drug-likeness (QED) is 0.184. The highest BCUT2D eigenvalue weighted by molar-refractivity contribution is 14.1. The molecule has 0 saturated carbocycles. The molecule has 1 nitrogen and oxygen atoms in total. The molecule has 0 aliphatic rings. The van der Waals surface area contributed by atoms with Gasteiger partial charge in [-0.2, -0.15) is 0 Å². The fraction of sp³-hybridized carbons (Fsp3) is 0.143. The van der Waals surface area contributed by atoms with Crippen LogP contribution in [0.1, 0.15) is 22.0 Å². The van der Waals surface area contributed by atoms with Gasteiger partial charge >= 0.3 is 0 Å². The molecule has 0 fully saturated rings. The van der Waals surface area contributed by atoms with Crippen molar-refractivity contribution in [2.75, 3.05) is 4.90 Å². The van der Waals surface area contributed by atoms with Crippen LogP contribution in [0.5, 0.6) is 0 Å². The Morgan fingerprint density at radius 1 is 0.885 bits per heavy atom. The lowest BCUT2D eigenvalue weighted by atomic mass is 10.1. The van der Waals surface area contributed by atoms with Crippen LogP contribution in [0, 0.1) is 0 Å². The molecule has 0 aliphatic carbocycles. The zero-order chi connectivity index (χ0) is 18.5. The normalized spacial score (nSPS) is 12.2. The lowest BCUT2D eigenvalue weighted by molar-refractivity contribution is 0.975. The maximum absolute atomic E-state index is 6.33. The van der Waals surface area contributed by atoms with Gasteiger partial charge in [-0.3, -0.25) is 0 Å². The first-order chi connectivity index (χ1) is 12.6. The van der Waals surface area contributed by atoms with E-state index in [9.17, 15) is 0 Å². The van der Waals surface area contributed by atoms with Gasteiger partial charge in [0.25, 0.3) is 0 Å².